The van der Waals surface area contributed by atoms with Gasteiger partial charge in [0.2, 0.25) is 0 Å². The number of carbonyl (C=O) groups excluding carboxylic acids is 1. The van der Waals surface area contributed by atoms with E-state index >= 15 is 0 Å². The molecular formula is C22H30N4O2S. The number of aliphatic hydroxyl groups is 1. The summed E-state index contributed by atoms with van der Waals surface area (Å²) in [4.78, 5) is 22.5. The number of carbonyl (C=O) groups is 1. The van der Waals surface area contributed by atoms with Crippen molar-refractivity contribution in [3.8, 4) is 11.3 Å². The van der Waals surface area contributed by atoms with Gasteiger partial charge in [0, 0.05) is 34.4 Å². The van der Waals surface area contributed by atoms with Gasteiger partial charge in [-0.25, -0.2) is 9.67 Å². The quantitative estimate of drug-likeness (QED) is 0.585. The molecule has 0 radical (unpaired) electrons. The van der Waals surface area contributed by atoms with Crippen molar-refractivity contribution in [1.82, 2.24) is 19.7 Å². The molecule has 0 saturated carbocycles. The van der Waals surface area contributed by atoms with E-state index in [1.165, 1.54) is 9.75 Å². The summed E-state index contributed by atoms with van der Waals surface area (Å²) >= 11 is 1.73. The molecule has 1 N–H and O–H groups in total. The van der Waals surface area contributed by atoms with E-state index < -0.39 is 0 Å². The zero-order chi connectivity index (χ0) is 21.1. The van der Waals surface area contributed by atoms with E-state index in [4.69, 9.17) is 4.98 Å². The van der Waals surface area contributed by atoms with Gasteiger partial charge in [-0.1, -0.05) is 13.3 Å². The molecule has 7 heteroatoms. The van der Waals surface area contributed by atoms with E-state index in [0.717, 1.165) is 35.1 Å². The summed E-state index contributed by atoms with van der Waals surface area (Å²) in [6.07, 6.45) is 3.63. The average molecular weight is 415 g/mol. The highest BCUT2D eigenvalue weighted by atomic mass is 32.1. The predicted molar refractivity (Wildman–Crippen MR) is 119 cm³/mol. The van der Waals surface area contributed by atoms with Crippen molar-refractivity contribution in [3.63, 3.8) is 0 Å². The Labute approximate surface area is 176 Å². The molecule has 0 aromatic carbocycles. The molecule has 3 heterocycles. The van der Waals surface area contributed by atoms with E-state index in [2.05, 4.69) is 45.8 Å². The zero-order valence-corrected chi connectivity index (χ0v) is 18.7. The van der Waals surface area contributed by atoms with Crippen molar-refractivity contribution in [3.05, 3.63) is 33.6 Å². The van der Waals surface area contributed by atoms with Crippen LogP contribution in [0.25, 0.3) is 22.3 Å². The molecule has 29 heavy (non-hydrogen) atoms. The average Bonchev–Trinajstić information content (AvgIpc) is 3.26. The predicted octanol–water partition coefficient (Wildman–Crippen LogP) is 4.59. The van der Waals surface area contributed by atoms with E-state index in [1.807, 2.05) is 10.7 Å². The number of pyridine rings is 1. The first-order valence-electron chi connectivity index (χ1n) is 10.2. The Kier molecular flexibility index (Phi) is 6.70. The zero-order valence-electron chi connectivity index (χ0n) is 17.9. The summed E-state index contributed by atoms with van der Waals surface area (Å²) in [6, 6.07) is 4.15. The van der Waals surface area contributed by atoms with Crippen molar-refractivity contribution < 1.29 is 9.90 Å². The highest BCUT2D eigenvalue weighted by molar-refractivity contribution is 7.12. The highest BCUT2D eigenvalue weighted by Crippen LogP contribution is 2.33. The van der Waals surface area contributed by atoms with Crippen LogP contribution in [0.2, 0.25) is 0 Å². The number of thiophene rings is 1. The lowest BCUT2D eigenvalue weighted by molar-refractivity contribution is 0.0721. The maximum absolute atomic E-state index is 13.5. The molecule has 0 spiro atoms. The third-order valence-electron chi connectivity index (χ3n) is 5.04. The van der Waals surface area contributed by atoms with E-state index in [-0.39, 0.29) is 18.6 Å². The second kappa shape index (κ2) is 9.05. The summed E-state index contributed by atoms with van der Waals surface area (Å²) in [5, 5.41) is 14.7. The van der Waals surface area contributed by atoms with Crippen molar-refractivity contribution in [2.24, 2.45) is 0 Å². The van der Waals surface area contributed by atoms with E-state index in [1.54, 1.807) is 22.4 Å². The van der Waals surface area contributed by atoms with Crippen LogP contribution in [0.1, 0.15) is 59.8 Å². The number of aliphatic hydroxyl groups excluding tert-OH is 1. The van der Waals surface area contributed by atoms with Gasteiger partial charge in [0.05, 0.1) is 29.4 Å². The van der Waals surface area contributed by atoms with Gasteiger partial charge in [-0.05, 0) is 46.2 Å². The van der Waals surface area contributed by atoms with Crippen LogP contribution in [0.4, 0.5) is 0 Å². The lowest BCUT2D eigenvalue weighted by Gasteiger charge is -2.22. The molecule has 156 valence electrons. The van der Waals surface area contributed by atoms with Gasteiger partial charge in [-0.15, -0.1) is 11.3 Å². The molecule has 0 unspecified atom stereocenters. The minimum Gasteiger partial charge on any atom is -0.395 e. The third-order valence-corrected chi connectivity index (χ3v) is 6.01. The number of amides is 1. The smallest absolute Gasteiger partial charge is 0.254 e. The number of unbranched alkanes of at least 4 members (excludes halogenated alkanes) is 1. The molecule has 0 atom stereocenters. The van der Waals surface area contributed by atoms with Gasteiger partial charge in [-0.2, -0.15) is 5.10 Å². The Balaban J connectivity index is 2.19. The standard InChI is InChI=1S/C22H30N4O2S/c1-6-7-8-25(9-10-27)22(28)18-12-20(17-11-15(4)29-16(17)5)24-21-19(18)13-23-26(21)14(2)3/h11-14,27H,6-10H2,1-5H3. The number of hydrogen-bond donors (Lipinski definition) is 1. The second-order valence-corrected chi connectivity index (χ2v) is 9.13. The van der Waals surface area contributed by atoms with E-state index in [0.29, 0.717) is 18.7 Å². The van der Waals surface area contributed by atoms with Gasteiger partial charge in [0.25, 0.3) is 5.91 Å². The Morgan fingerprint density at radius 1 is 1.28 bits per heavy atom. The molecule has 1 amide bonds. The summed E-state index contributed by atoms with van der Waals surface area (Å²) in [7, 11) is 0. The molecular weight excluding hydrogens is 384 g/mol. The summed E-state index contributed by atoms with van der Waals surface area (Å²) in [5.74, 6) is -0.0749. The Morgan fingerprint density at radius 3 is 2.62 bits per heavy atom. The number of hydrogen-bond acceptors (Lipinski definition) is 5. The summed E-state index contributed by atoms with van der Waals surface area (Å²) in [5.41, 5.74) is 3.18. The largest absolute Gasteiger partial charge is 0.395 e. The first kappa shape index (κ1) is 21.5. The van der Waals surface area contributed by atoms with Crippen LogP contribution in [0.5, 0.6) is 0 Å². The lowest BCUT2D eigenvalue weighted by atomic mass is 10.1. The van der Waals surface area contributed by atoms with Crippen molar-refractivity contribution in [2.45, 2.75) is 53.5 Å². The molecule has 0 aliphatic rings. The third kappa shape index (κ3) is 4.36. The number of nitrogens with zero attached hydrogens (tertiary/aromatic N) is 4. The van der Waals surface area contributed by atoms with Crippen molar-refractivity contribution in [2.75, 3.05) is 19.7 Å². The molecule has 0 saturated heterocycles. The van der Waals surface area contributed by atoms with Gasteiger partial charge in [0.15, 0.2) is 5.65 Å². The first-order chi connectivity index (χ1) is 13.9. The number of fused-ring (bicyclic) bond motifs is 1. The molecule has 3 aromatic heterocycles. The fourth-order valence-electron chi connectivity index (χ4n) is 3.55. The Bertz CT molecular complexity index is 1010. The maximum atomic E-state index is 13.5. The number of aryl methyl sites for hydroxylation is 2. The van der Waals surface area contributed by atoms with Crippen LogP contribution >= 0.6 is 11.3 Å². The fourth-order valence-corrected chi connectivity index (χ4v) is 4.48. The lowest BCUT2D eigenvalue weighted by Crippen LogP contribution is -2.34. The minimum atomic E-state index is -0.0749. The highest BCUT2D eigenvalue weighted by Gasteiger charge is 2.23. The van der Waals surface area contributed by atoms with Crippen molar-refractivity contribution >= 4 is 28.3 Å². The molecule has 6 nitrogen and oxygen atoms in total. The monoisotopic (exact) mass is 414 g/mol. The molecule has 0 aliphatic heterocycles. The number of rotatable bonds is 8. The molecule has 3 rings (SSSR count). The molecule has 3 aromatic rings. The van der Waals surface area contributed by atoms with Crippen LogP contribution in [-0.2, 0) is 0 Å². The molecule has 0 aliphatic carbocycles. The fraction of sp³-hybridized carbons (Fsp3) is 0.500. The minimum absolute atomic E-state index is 0.0510. The second-order valence-electron chi connectivity index (χ2n) is 7.67. The Hall–Kier alpha value is -2.25. The SMILES string of the molecule is CCCCN(CCO)C(=O)c1cc(-c2cc(C)sc2C)nc2c1cnn2C(C)C. The van der Waals surface area contributed by atoms with Crippen LogP contribution in [0.3, 0.4) is 0 Å². The maximum Gasteiger partial charge on any atom is 0.254 e. The van der Waals surface area contributed by atoms with E-state index in [9.17, 15) is 9.90 Å². The van der Waals surface area contributed by atoms with Gasteiger partial charge >= 0.3 is 0 Å². The van der Waals surface area contributed by atoms with Gasteiger partial charge < -0.3 is 10.0 Å². The molecule has 0 fully saturated rings. The van der Waals surface area contributed by atoms with Crippen LogP contribution in [-0.4, -0.2) is 50.4 Å². The normalized spacial score (nSPS) is 11.6. The van der Waals surface area contributed by atoms with Crippen LogP contribution in [0, 0.1) is 13.8 Å². The number of aromatic nitrogens is 3. The first-order valence-corrected chi connectivity index (χ1v) is 11.0. The van der Waals surface area contributed by atoms with Gasteiger partial charge in [0.1, 0.15) is 0 Å². The summed E-state index contributed by atoms with van der Waals surface area (Å²) in [6.45, 7) is 11.3. The molecule has 0 bridgehead atoms. The van der Waals surface area contributed by atoms with Crippen LogP contribution < -0.4 is 0 Å². The topological polar surface area (TPSA) is 71.2 Å². The van der Waals surface area contributed by atoms with Gasteiger partial charge in [-0.3, -0.25) is 4.79 Å². The summed E-state index contributed by atoms with van der Waals surface area (Å²) < 4.78 is 1.87. The van der Waals surface area contributed by atoms with Crippen molar-refractivity contribution in [1.29, 1.82) is 0 Å². The van der Waals surface area contributed by atoms with Crippen LogP contribution in [0.15, 0.2) is 18.3 Å². The Morgan fingerprint density at radius 2 is 2.03 bits per heavy atom.